The van der Waals surface area contributed by atoms with E-state index in [0.717, 1.165) is 13.2 Å². The van der Waals surface area contributed by atoms with Crippen LogP contribution in [0.1, 0.15) is 76.7 Å². The molecule has 21 heavy (non-hydrogen) atoms. The molecule has 1 rings (SSSR count). The van der Waals surface area contributed by atoms with E-state index >= 15 is 0 Å². The van der Waals surface area contributed by atoms with E-state index in [4.69, 9.17) is 4.74 Å². The molecular weight excluding hydrogens is 256 g/mol. The molecule has 0 saturated carbocycles. The van der Waals surface area contributed by atoms with Crippen molar-refractivity contribution < 1.29 is 4.74 Å². The lowest BCUT2D eigenvalue weighted by molar-refractivity contribution is 0.126. The molecule has 0 saturated heterocycles. The van der Waals surface area contributed by atoms with E-state index in [1.807, 2.05) is 0 Å². The first kappa shape index (κ1) is 18.2. The highest BCUT2D eigenvalue weighted by Crippen LogP contribution is 2.08. The third-order valence-corrected chi connectivity index (χ3v) is 3.99. The second-order valence-electron chi connectivity index (χ2n) is 6.03. The maximum absolute atomic E-state index is 5.72. The topological polar surface area (TPSA) is 9.23 Å². The van der Waals surface area contributed by atoms with E-state index in [1.165, 1.54) is 76.2 Å². The second-order valence-corrected chi connectivity index (χ2v) is 6.03. The summed E-state index contributed by atoms with van der Waals surface area (Å²) in [5.74, 6) is 0. The molecule has 0 unspecified atom stereocenters. The molecule has 0 aliphatic rings. The van der Waals surface area contributed by atoms with Crippen LogP contribution in [-0.2, 0) is 11.2 Å². The highest BCUT2D eigenvalue weighted by Gasteiger charge is 1.94. The van der Waals surface area contributed by atoms with Crippen LogP contribution < -0.4 is 0 Å². The molecule has 1 nitrogen and oxygen atoms in total. The fraction of sp³-hybridized carbons (Fsp3) is 0.700. The van der Waals surface area contributed by atoms with E-state index in [0.29, 0.717) is 0 Å². The fourth-order valence-corrected chi connectivity index (χ4v) is 2.62. The molecule has 0 aliphatic heterocycles. The van der Waals surface area contributed by atoms with Gasteiger partial charge in [0.05, 0.1) is 0 Å². The minimum Gasteiger partial charge on any atom is -0.381 e. The number of ether oxygens (including phenoxy) is 1. The summed E-state index contributed by atoms with van der Waals surface area (Å²) in [6.07, 6.45) is 14.6. The summed E-state index contributed by atoms with van der Waals surface area (Å²) >= 11 is 0. The lowest BCUT2D eigenvalue weighted by atomic mass is 10.1. The summed E-state index contributed by atoms with van der Waals surface area (Å²) in [4.78, 5) is 0. The Morgan fingerprint density at radius 1 is 0.667 bits per heavy atom. The van der Waals surface area contributed by atoms with Crippen molar-refractivity contribution in [2.24, 2.45) is 0 Å². The van der Waals surface area contributed by atoms with Crippen LogP contribution in [0.3, 0.4) is 0 Å². The summed E-state index contributed by atoms with van der Waals surface area (Å²) in [7, 11) is 0. The van der Waals surface area contributed by atoms with Gasteiger partial charge in [-0.05, 0) is 31.2 Å². The lowest BCUT2D eigenvalue weighted by Crippen LogP contribution is -1.98. The maximum atomic E-state index is 5.72. The Labute approximate surface area is 132 Å². The van der Waals surface area contributed by atoms with Crippen molar-refractivity contribution in [1.29, 1.82) is 0 Å². The molecule has 0 N–H and O–H groups in total. The highest BCUT2D eigenvalue weighted by atomic mass is 16.5. The monoisotopic (exact) mass is 290 g/mol. The quantitative estimate of drug-likeness (QED) is 0.372. The van der Waals surface area contributed by atoms with Gasteiger partial charge in [0.25, 0.3) is 0 Å². The van der Waals surface area contributed by atoms with Gasteiger partial charge >= 0.3 is 0 Å². The SMILES string of the molecule is CCCCCCCCCCOCCCCc1ccccc1. The maximum Gasteiger partial charge on any atom is 0.0466 e. The average molecular weight is 290 g/mol. The average Bonchev–Trinajstić information content (AvgIpc) is 2.53. The molecule has 120 valence electrons. The van der Waals surface area contributed by atoms with Gasteiger partial charge in [0, 0.05) is 13.2 Å². The first-order chi connectivity index (χ1) is 10.4. The predicted octanol–water partition coefficient (Wildman–Crippen LogP) is 6.17. The van der Waals surface area contributed by atoms with E-state index in [-0.39, 0.29) is 0 Å². The summed E-state index contributed by atoms with van der Waals surface area (Å²) < 4.78 is 5.72. The van der Waals surface area contributed by atoms with E-state index in [2.05, 4.69) is 37.3 Å². The van der Waals surface area contributed by atoms with Crippen molar-refractivity contribution >= 4 is 0 Å². The van der Waals surface area contributed by atoms with Crippen LogP contribution in [0.2, 0.25) is 0 Å². The Morgan fingerprint density at radius 3 is 1.90 bits per heavy atom. The number of unbranched alkanes of at least 4 members (excludes halogenated alkanes) is 8. The van der Waals surface area contributed by atoms with Gasteiger partial charge in [-0.2, -0.15) is 0 Å². The highest BCUT2D eigenvalue weighted by molar-refractivity contribution is 5.14. The van der Waals surface area contributed by atoms with Crippen LogP contribution in [0.15, 0.2) is 30.3 Å². The fourth-order valence-electron chi connectivity index (χ4n) is 2.62. The molecule has 1 heteroatoms. The molecule has 0 aromatic heterocycles. The summed E-state index contributed by atoms with van der Waals surface area (Å²) in [5.41, 5.74) is 1.44. The molecule has 0 amide bonds. The van der Waals surface area contributed by atoms with Gasteiger partial charge in [0.1, 0.15) is 0 Å². The van der Waals surface area contributed by atoms with Crippen molar-refractivity contribution in [3.63, 3.8) is 0 Å². The Kier molecular flexibility index (Phi) is 12.3. The van der Waals surface area contributed by atoms with Gasteiger partial charge in [-0.25, -0.2) is 0 Å². The molecule has 0 spiro atoms. The van der Waals surface area contributed by atoms with E-state index in [1.54, 1.807) is 0 Å². The minimum atomic E-state index is 0.934. The van der Waals surface area contributed by atoms with Crippen molar-refractivity contribution in [2.75, 3.05) is 13.2 Å². The van der Waals surface area contributed by atoms with E-state index < -0.39 is 0 Å². The third-order valence-electron chi connectivity index (χ3n) is 3.99. The van der Waals surface area contributed by atoms with Gasteiger partial charge in [0.2, 0.25) is 0 Å². The second kappa shape index (κ2) is 14.1. The summed E-state index contributed by atoms with van der Waals surface area (Å²) in [6.45, 7) is 4.17. The van der Waals surface area contributed by atoms with Gasteiger partial charge in [0.15, 0.2) is 0 Å². The lowest BCUT2D eigenvalue weighted by Gasteiger charge is -2.05. The van der Waals surface area contributed by atoms with Gasteiger partial charge in [-0.1, -0.05) is 82.2 Å². The van der Waals surface area contributed by atoms with Gasteiger partial charge < -0.3 is 4.74 Å². The van der Waals surface area contributed by atoms with Crippen LogP contribution in [0.4, 0.5) is 0 Å². The zero-order chi connectivity index (χ0) is 15.0. The molecule has 0 fully saturated rings. The van der Waals surface area contributed by atoms with Crippen LogP contribution in [0.25, 0.3) is 0 Å². The first-order valence-corrected chi connectivity index (χ1v) is 9.05. The van der Waals surface area contributed by atoms with Crippen molar-refractivity contribution in [3.05, 3.63) is 35.9 Å². The standard InChI is InChI=1S/C20H34O/c1-2-3-4-5-6-7-8-13-18-21-19-14-12-17-20-15-10-9-11-16-20/h9-11,15-16H,2-8,12-14,17-19H2,1H3. The Hall–Kier alpha value is -0.820. The molecule has 1 aromatic rings. The smallest absolute Gasteiger partial charge is 0.0466 e. The Balaban J connectivity index is 1.75. The molecule has 0 aliphatic carbocycles. The van der Waals surface area contributed by atoms with Gasteiger partial charge in [-0.3, -0.25) is 0 Å². The number of hydrogen-bond donors (Lipinski definition) is 0. The molecule has 0 heterocycles. The number of hydrogen-bond acceptors (Lipinski definition) is 1. The van der Waals surface area contributed by atoms with Crippen LogP contribution >= 0.6 is 0 Å². The predicted molar refractivity (Wildman–Crippen MR) is 92.8 cm³/mol. The van der Waals surface area contributed by atoms with Crippen molar-refractivity contribution in [2.45, 2.75) is 77.6 Å². The molecule has 0 bridgehead atoms. The molecule has 0 atom stereocenters. The van der Waals surface area contributed by atoms with Crippen LogP contribution in [0, 0.1) is 0 Å². The molecule has 1 aromatic carbocycles. The van der Waals surface area contributed by atoms with Crippen LogP contribution in [0.5, 0.6) is 0 Å². The zero-order valence-corrected chi connectivity index (χ0v) is 14.0. The normalized spacial score (nSPS) is 10.9. The van der Waals surface area contributed by atoms with Crippen molar-refractivity contribution in [3.8, 4) is 0 Å². The largest absolute Gasteiger partial charge is 0.381 e. The molecule has 0 radical (unpaired) electrons. The Morgan fingerprint density at radius 2 is 1.24 bits per heavy atom. The van der Waals surface area contributed by atoms with Gasteiger partial charge in [-0.15, -0.1) is 0 Å². The molecular formula is C20H34O. The summed E-state index contributed by atoms with van der Waals surface area (Å²) in [5, 5.41) is 0. The van der Waals surface area contributed by atoms with E-state index in [9.17, 15) is 0 Å². The van der Waals surface area contributed by atoms with Crippen LogP contribution in [-0.4, -0.2) is 13.2 Å². The number of benzene rings is 1. The zero-order valence-electron chi connectivity index (χ0n) is 14.0. The Bertz CT molecular complexity index is 307. The summed E-state index contributed by atoms with van der Waals surface area (Å²) in [6, 6.07) is 10.7. The first-order valence-electron chi connectivity index (χ1n) is 9.05. The third kappa shape index (κ3) is 11.5. The minimum absolute atomic E-state index is 0.934. The van der Waals surface area contributed by atoms with Crippen molar-refractivity contribution in [1.82, 2.24) is 0 Å². The number of rotatable bonds is 14. The number of aryl methyl sites for hydroxylation is 1.